The molecule has 0 aliphatic carbocycles. The van der Waals surface area contributed by atoms with Crippen LogP contribution in [0.3, 0.4) is 0 Å². The molecule has 0 bridgehead atoms. The lowest BCUT2D eigenvalue weighted by Crippen LogP contribution is -2.42. The standard InChI is InChI=1S/C10H18N4O/c1-2-14-5-3-12-10(14)13-8-9-7-11-4-6-15-9/h3,5,9,11H,2,4,6-8H2,1H3,(H,12,13). The largest absolute Gasteiger partial charge is 0.374 e. The molecule has 1 fully saturated rings. The lowest BCUT2D eigenvalue weighted by atomic mass is 10.3. The van der Waals surface area contributed by atoms with Crippen LogP contribution in [-0.4, -0.2) is 41.9 Å². The molecule has 1 aliphatic heterocycles. The SMILES string of the molecule is CCn1ccnc1NCC1CNCCO1. The fraction of sp³-hybridized carbons (Fsp3) is 0.700. The van der Waals surface area contributed by atoms with Crippen LogP contribution in [0.4, 0.5) is 5.95 Å². The number of morpholine rings is 1. The van der Waals surface area contributed by atoms with E-state index in [1.165, 1.54) is 0 Å². The summed E-state index contributed by atoms with van der Waals surface area (Å²) in [5, 5.41) is 6.60. The number of imidazole rings is 1. The summed E-state index contributed by atoms with van der Waals surface area (Å²) in [7, 11) is 0. The average molecular weight is 210 g/mol. The highest BCUT2D eigenvalue weighted by Crippen LogP contribution is 2.05. The van der Waals surface area contributed by atoms with E-state index in [4.69, 9.17) is 4.74 Å². The minimum atomic E-state index is 0.251. The second kappa shape index (κ2) is 5.14. The molecule has 0 aromatic carbocycles. The first-order valence-corrected chi connectivity index (χ1v) is 5.47. The molecule has 1 aromatic heterocycles. The van der Waals surface area contributed by atoms with Gasteiger partial charge in [0.2, 0.25) is 5.95 Å². The minimum absolute atomic E-state index is 0.251. The lowest BCUT2D eigenvalue weighted by molar-refractivity contribution is 0.0371. The zero-order chi connectivity index (χ0) is 10.5. The summed E-state index contributed by atoms with van der Waals surface area (Å²) in [6, 6.07) is 0. The van der Waals surface area contributed by atoms with Gasteiger partial charge in [-0.05, 0) is 6.92 Å². The van der Waals surface area contributed by atoms with Crippen LogP contribution in [0.5, 0.6) is 0 Å². The van der Waals surface area contributed by atoms with Crippen LogP contribution in [0.1, 0.15) is 6.92 Å². The van der Waals surface area contributed by atoms with Crippen molar-refractivity contribution in [1.29, 1.82) is 0 Å². The maximum Gasteiger partial charge on any atom is 0.202 e. The van der Waals surface area contributed by atoms with Crippen molar-refractivity contribution in [3.05, 3.63) is 12.4 Å². The zero-order valence-corrected chi connectivity index (χ0v) is 9.07. The molecule has 1 atom stereocenters. The zero-order valence-electron chi connectivity index (χ0n) is 9.07. The molecule has 0 saturated carbocycles. The van der Waals surface area contributed by atoms with Gasteiger partial charge in [-0.2, -0.15) is 0 Å². The Hall–Kier alpha value is -1.07. The van der Waals surface area contributed by atoms with E-state index in [0.717, 1.165) is 38.7 Å². The van der Waals surface area contributed by atoms with Crippen molar-refractivity contribution in [2.45, 2.75) is 19.6 Å². The topological polar surface area (TPSA) is 51.1 Å². The number of aryl methyl sites for hydroxylation is 1. The van der Waals surface area contributed by atoms with E-state index in [1.807, 2.05) is 12.4 Å². The van der Waals surface area contributed by atoms with E-state index in [-0.39, 0.29) is 6.10 Å². The second-order valence-electron chi connectivity index (χ2n) is 3.61. The first kappa shape index (κ1) is 10.4. The van der Waals surface area contributed by atoms with Gasteiger partial charge in [-0.15, -0.1) is 0 Å². The monoisotopic (exact) mass is 210 g/mol. The third-order valence-electron chi connectivity index (χ3n) is 2.55. The fourth-order valence-corrected chi connectivity index (χ4v) is 1.69. The maximum atomic E-state index is 5.59. The first-order valence-electron chi connectivity index (χ1n) is 5.47. The van der Waals surface area contributed by atoms with Crippen LogP contribution in [0.2, 0.25) is 0 Å². The Bertz CT molecular complexity index is 293. The highest BCUT2D eigenvalue weighted by molar-refractivity contribution is 5.25. The Balaban J connectivity index is 1.81. The summed E-state index contributed by atoms with van der Waals surface area (Å²) in [6.45, 7) is 6.52. The molecule has 2 N–H and O–H groups in total. The number of hydrogen-bond donors (Lipinski definition) is 2. The van der Waals surface area contributed by atoms with Gasteiger partial charge in [0, 0.05) is 38.6 Å². The number of hydrogen-bond acceptors (Lipinski definition) is 4. The maximum absolute atomic E-state index is 5.59. The molecule has 0 amide bonds. The van der Waals surface area contributed by atoms with Crippen molar-refractivity contribution in [3.8, 4) is 0 Å². The molecule has 1 aromatic rings. The van der Waals surface area contributed by atoms with Crippen molar-refractivity contribution in [3.63, 3.8) is 0 Å². The van der Waals surface area contributed by atoms with E-state index in [0.29, 0.717) is 0 Å². The minimum Gasteiger partial charge on any atom is -0.374 e. The Morgan fingerprint density at radius 2 is 2.67 bits per heavy atom. The number of nitrogens with zero attached hydrogens (tertiary/aromatic N) is 2. The Morgan fingerprint density at radius 3 is 3.40 bits per heavy atom. The van der Waals surface area contributed by atoms with Crippen LogP contribution >= 0.6 is 0 Å². The summed E-state index contributed by atoms with van der Waals surface area (Å²) in [5.41, 5.74) is 0. The smallest absolute Gasteiger partial charge is 0.202 e. The van der Waals surface area contributed by atoms with Crippen molar-refractivity contribution in [2.24, 2.45) is 0 Å². The third-order valence-corrected chi connectivity index (χ3v) is 2.55. The predicted molar refractivity (Wildman–Crippen MR) is 59.0 cm³/mol. The quantitative estimate of drug-likeness (QED) is 0.750. The van der Waals surface area contributed by atoms with Crippen LogP contribution in [0.25, 0.3) is 0 Å². The summed E-state index contributed by atoms with van der Waals surface area (Å²) in [6.07, 6.45) is 4.04. The summed E-state index contributed by atoms with van der Waals surface area (Å²) < 4.78 is 7.67. The van der Waals surface area contributed by atoms with E-state index in [1.54, 1.807) is 0 Å². The van der Waals surface area contributed by atoms with Crippen LogP contribution < -0.4 is 10.6 Å². The number of anilines is 1. The van der Waals surface area contributed by atoms with Gasteiger partial charge in [0.1, 0.15) is 0 Å². The van der Waals surface area contributed by atoms with Gasteiger partial charge in [-0.25, -0.2) is 4.98 Å². The Morgan fingerprint density at radius 1 is 1.73 bits per heavy atom. The molecule has 84 valence electrons. The average Bonchev–Trinajstić information content (AvgIpc) is 2.75. The molecular formula is C10H18N4O. The molecule has 1 aliphatic rings. The normalized spacial score (nSPS) is 21.5. The first-order chi connectivity index (χ1) is 7.40. The molecule has 0 spiro atoms. The van der Waals surface area contributed by atoms with E-state index >= 15 is 0 Å². The molecule has 15 heavy (non-hydrogen) atoms. The van der Waals surface area contributed by atoms with Crippen LogP contribution in [-0.2, 0) is 11.3 Å². The number of aromatic nitrogens is 2. The molecule has 2 rings (SSSR count). The molecule has 0 radical (unpaired) electrons. The predicted octanol–water partition coefficient (Wildman–Crippen LogP) is 0.303. The third kappa shape index (κ3) is 2.70. The number of ether oxygens (including phenoxy) is 1. The number of rotatable bonds is 4. The Kier molecular flexibility index (Phi) is 3.58. The van der Waals surface area contributed by atoms with Gasteiger partial charge in [-0.3, -0.25) is 0 Å². The van der Waals surface area contributed by atoms with Gasteiger partial charge >= 0.3 is 0 Å². The molecule has 2 heterocycles. The summed E-state index contributed by atoms with van der Waals surface area (Å²) in [4.78, 5) is 4.25. The van der Waals surface area contributed by atoms with Crippen LogP contribution in [0, 0.1) is 0 Å². The molecule has 1 unspecified atom stereocenters. The molecule has 1 saturated heterocycles. The molecule has 5 heteroatoms. The van der Waals surface area contributed by atoms with Gasteiger partial charge in [-0.1, -0.05) is 0 Å². The van der Waals surface area contributed by atoms with E-state index in [2.05, 4.69) is 27.1 Å². The molecule has 5 nitrogen and oxygen atoms in total. The van der Waals surface area contributed by atoms with E-state index in [9.17, 15) is 0 Å². The van der Waals surface area contributed by atoms with E-state index < -0.39 is 0 Å². The lowest BCUT2D eigenvalue weighted by Gasteiger charge is -2.24. The van der Waals surface area contributed by atoms with Crippen molar-refractivity contribution in [2.75, 3.05) is 31.6 Å². The van der Waals surface area contributed by atoms with Crippen molar-refractivity contribution >= 4 is 5.95 Å². The molecular weight excluding hydrogens is 192 g/mol. The van der Waals surface area contributed by atoms with Gasteiger partial charge in [0.25, 0.3) is 0 Å². The summed E-state index contributed by atoms with van der Waals surface area (Å²) in [5.74, 6) is 0.923. The van der Waals surface area contributed by atoms with Gasteiger partial charge < -0.3 is 19.9 Å². The second-order valence-corrected chi connectivity index (χ2v) is 3.61. The highest BCUT2D eigenvalue weighted by atomic mass is 16.5. The summed E-state index contributed by atoms with van der Waals surface area (Å²) >= 11 is 0. The fourth-order valence-electron chi connectivity index (χ4n) is 1.69. The van der Waals surface area contributed by atoms with Crippen LogP contribution in [0.15, 0.2) is 12.4 Å². The van der Waals surface area contributed by atoms with Gasteiger partial charge in [0.05, 0.1) is 12.7 Å². The highest BCUT2D eigenvalue weighted by Gasteiger charge is 2.13. The van der Waals surface area contributed by atoms with Crippen molar-refractivity contribution in [1.82, 2.24) is 14.9 Å². The van der Waals surface area contributed by atoms with Gasteiger partial charge in [0.15, 0.2) is 0 Å². The van der Waals surface area contributed by atoms with Crippen molar-refractivity contribution < 1.29 is 4.74 Å². The Labute approximate surface area is 89.8 Å². The number of nitrogens with one attached hydrogen (secondary N) is 2.